The Morgan fingerprint density at radius 3 is 2.21 bits per heavy atom. The lowest BCUT2D eigenvalue weighted by Gasteiger charge is -2.28. The van der Waals surface area contributed by atoms with Gasteiger partial charge in [-0.05, 0) is 50.5 Å². The van der Waals surface area contributed by atoms with Crippen molar-refractivity contribution in [1.29, 1.82) is 0 Å². The van der Waals surface area contributed by atoms with Crippen LogP contribution in [0.5, 0.6) is 0 Å². The number of hydrogen-bond acceptors (Lipinski definition) is 1. The molecule has 0 aromatic heterocycles. The van der Waals surface area contributed by atoms with E-state index < -0.39 is 0 Å². The summed E-state index contributed by atoms with van der Waals surface area (Å²) in [5, 5.41) is 0.305. The van der Waals surface area contributed by atoms with Crippen LogP contribution in [0.25, 0.3) is 0 Å². The fourth-order valence-electron chi connectivity index (χ4n) is 2.02. The van der Waals surface area contributed by atoms with Crippen molar-refractivity contribution in [1.82, 2.24) is 0 Å². The highest BCUT2D eigenvalue weighted by molar-refractivity contribution is 6.20. The molecule has 0 aromatic carbocycles. The van der Waals surface area contributed by atoms with Gasteiger partial charge in [-0.1, -0.05) is 20.8 Å². The van der Waals surface area contributed by atoms with E-state index in [4.69, 9.17) is 17.3 Å². The summed E-state index contributed by atoms with van der Waals surface area (Å²) in [6.45, 7) is 9.83. The number of nitrogens with two attached hydrogens (primary N) is 1. The van der Waals surface area contributed by atoms with Gasteiger partial charge in [0, 0.05) is 5.38 Å². The number of hydrogen-bond donors (Lipinski definition) is 1. The van der Waals surface area contributed by atoms with E-state index in [1.54, 1.807) is 0 Å². The van der Waals surface area contributed by atoms with E-state index in [1.807, 2.05) is 0 Å². The van der Waals surface area contributed by atoms with Crippen molar-refractivity contribution in [3.63, 3.8) is 0 Å². The molecule has 0 spiro atoms. The highest BCUT2D eigenvalue weighted by Gasteiger charge is 2.21. The Morgan fingerprint density at radius 1 is 1.21 bits per heavy atom. The molecule has 2 heteroatoms. The normalized spacial score (nSPS) is 16.7. The number of alkyl halides is 1. The molecule has 0 saturated carbocycles. The quantitative estimate of drug-likeness (QED) is 0.648. The molecule has 0 amide bonds. The van der Waals surface area contributed by atoms with Gasteiger partial charge >= 0.3 is 0 Å². The van der Waals surface area contributed by atoms with Gasteiger partial charge in [0.05, 0.1) is 0 Å². The number of rotatable bonds is 7. The lowest BCUT2D eigenvalue weighted by Crippen LogP contribution is -2.18. The molecule has 0 aliphatic rings. The molecule has 0 aliphatic carbocycles. The first-order valence-electron chi connectivity index (χ1n) is 5.71. The van der Waals surface area contributed by atoms with Crippen molar-refractivity contribution in [3.8, 4) is 0 Å². The van der Waals surface area contributed by atoms with Crippen molar-refractivity contribution in [2.75, 3.05) is 6.54 Å². The van der Waals surface area contributed by atoms with Gasteiger partial charge in [0.25, 0.3) is 0 Å². The second-order valence-electron chi connectivity index (χ2n) is 5.37. The van der Waals surface area contributed by atoms with E-state index in [1.165, 1.54) is 12.8 Å². The summed E-state index contributed by atoms with van der Waals surface area (Å²) < 4.78 is 0. The summed E-state index contributed by atoms with van der Waals surface area (Å²) in [4.78, 5) is 0. The van der Waals surface area contributed by atoms with Crippen LogP contribution in [-0.2, 0) is 0 Å². The molecule has 0 heterocycles. The predicted octanol–water partition coefficient (Wildman–Crippen LogP) is 3.80. The first-order chi connectivity index (χ1) is 6.37. The Morgan fingerprint density at radius 2 is 1.79 bits per heavy atom. The molecule has 86 valence electrons. The number of halogens is 1. The maximum Gasteiger partial charge on any atom is 0.0308 e. The van der Waals surface area contributed by atoms with Crippen LogP contribution in [0.2, 0.25) is 0 Å². The molecule has 0 saturated heterocycles. The molecule has 2 atom stereocenters. The molecular formula is C12H26ClN. The van der Waals surface area contributed by atoms with Gasteiger partial charge in [-0.2, -0.15) is 0 Å². The first-order valence-corrected chi connectivity index (χ1v) is 6.15. The Bertz CT molecular complexity index is 143. The second kappa shape index (κ2) is 6.68. The van der Waals surface area contributed by atoms with Crippen LogP contribution in [0.15, 0.2) is 0 Å². The van der Waals surface area contributed by atoms with Gasteiger partial charge in [0.1, 0.15) is 0 Å². The van der Waals surface area contributed by atoms with E-state index in [0.717, 1.165) is 25.3 Å². The molecular weight excluding hydrogens is 194 g/mol. The molecule has 1 nitrogen and oxygen atoms in total. The minimum absolute atomic E-state index is 0.305. The molecule has 2 N–H and O–H groups in total. The fraction of sp³-hybridized carbons (Fsp3) is 1.00. The van der Waals surface area contributed by atoms with Gasteiger partial charge in [0.2, 0.25) is 0 Å². The fourth-order valence-corrected chi connectivity index (χ4v) is 2.13. The van der Waals surface area contributed by atoms with E-state index in [-0.39, 0.29) is 0 Å². The third-order valence-corrected chi connectivity index (χ3v) is 3.00. The third-order valence-electron chi connectivity index (χ3n) is 2.78. The largest absolute Gasteiger partial charge is 0.330 e. The maximum atomic E-state index is 5.96. The molecule has 0 aromatic rings. The summed E-state index contributed by atoms with van der Waals surface area (Å²) in [5.74, 6) is 0.737. The van der Waals surface area contributed by atoms with Crippen LogP contribution in [0.4, 0.5) is 0 Å². The average molecular weight is 220 g/mol. The highest BCUT2D eigenvalue weighted by Crippen LogP contribution is 2.32. The molecule has 0 rings (SSSR count). The van der Waals surface area contributed by atoms with Gasteiger partial charge in [-0.25, -0.2) is 0 Å². The van der Waals surface area contributed by atoms with Crippen molar-refractivity contribution in [2.45, 2.75) is 58.8 Å². The van der Waals surface area contributed by atoms with Crippen LogP contribution in [0.3, 0.4) is 0 Å². The molecule has 2 unspecified atom stereocenters. The Labute approximate surface area is 94.4 Å². The summed E-state index contributed by atoms with van der Waals surface area (Å²) in [7, 11) is 0. The van der Waals surface area contributed by atoms with Crippen molar-refractivity contribution in [2.24, 2.45) is 17.1 Å². The Kier molecular flexibility index (Phi) is 6.80. The van der Waals surface area contributed by atoms with Crippen LogP contribution < -0.4 is 5.73 Å². The van der Waals surface area contributed by atoms with Gasteiger partial charge in [-0.15, -0.1) is 11.6 Å². The van der Waals surface area contributed by atoms with E-state index in [0.29, 0.717) is 10.8 Å². The van der Waals surface area contributed by atoms with Crippen LogP contribution >= 0.6 is 11.6 Å². The van der Waals surface area contributed by atoms with Crippen LogP contribution in [0.1, 0.15) is 53.4 Å². The zero-order valence-electron chi connectivity index (χ0n) is 10.1. The highest BCUT2D eigenvalue weighted by atomic mass is 35.5. The predicted molar refractivity (Wildman–Crippen MR) is 65.8 cm³/mol. The lowest BCUT2D eigenvalue weighted by molar-refractivity contribution is 0.245. The lowest BCUT2D eigenvalue weighted by atomic mass is 9.78. The Hall–Kier alpha value is 0.250. The van der Waals surface area contributed by atoms with E-state index in [2.05, 4.69) is 27.7 Å². The minimum Gasteiger partial charge on any atom is -0.330 e. The van der Waals surface area contributed by atoms with Crippen molar-refractivity contribution in [3.05, 3.63) is 0 Å². The standard InChI is InChI=1S/C12H26ClN/c1-10(6-8-14)9-12(3,4)7-5-11(2)13/h10-11H,5-9,14H2,1-4H3. The van der Waals surface area contributed by atoms with E-state index >= 15 is 0 Å². The minimum atomic E-state index is 0.305. The topological polar surface area (TPSA) is 26.0 Å². The van der Waals surface area contributed by atoms with Gasteiger partial charge < -0.3 is 5.73 Å². The average Bonchev–Trinajstić information content (AvgIpc) is 2.00. The first kappa shape index (κ1) is 14.2. The summed E-state index contributed by atoms with van der Waals surface area (Å²) in [6.07, 6.45) is 4.73. The zero-order chi connectivity index (χ0) is 11.2. The summed E-state index contributed by atoms with van der Waals surface area (Å²) in [5.41, 5.74) is 5.96. The molecule has 0 bridgehead atoms. The third kappa shape index (κ3) is 7.64. The smallest absolute Gasteiger partial charge is 0.0308 e. The van der Waals surface area contributed by atoms with Gasteiger partial charge in [-0.3, -0.25) is 0 Å². The van der Waals surface area contributed by atoms with E-state index in [9.17, 15) is 0 Å². The summed E-state index contributed by atoms with van der Waals surface area (Å²) in [6, 6.07) is 0. The Balaban J connectivity index is 3.81. The van der Waals surface area contributed by atoms with Gasteiger partial charge in [0.15, 0.2) is 0 Å². The van der Waals surface area contributed by atoms with Crippen LogP contribution in [-0.4, -0.2) is 11.9 Å². The molecule has 14 heavy (non-hydrogen) atoms. The second-order valence-corrected chi connectivity index (χ2v) is 6.12. The monoisotopic (exact) mass is 219 g/mol. The molecule has 0 fully saturated rings. The zero-order valence-corrected chi connectivity index (χ0v) is 10.9. The molecule has 0 aliphatic heterocycles. The van der Waals surface area contributed by atoms with Crippen LogP contribution in [0, 0.1) is 11.3 Å². The van der Waals surface area contributed by atoms with Crippen molar-refractivity contribution >= 4 is 11.6 Å². The SMILES string of the molecule is CC(Cl)CCC(C)(C)CC(C)CCN. The maximum absolute atomic E-state index is 5.96. The summed E-state index contributed by atoms with van der Waals surface area (Å²) >= 11 is 5.96. The van der Waals surface area contributed by atoms with Crippen molar-refractivity contribution < 1.29 is 0 Å². The molecule has 0 radical (unpaired) electrons.